The maximum Gasteiger partial charge on any atom is 0.150 e. The first-order chi connectivity index (χ1) is 9.26. The first-order valence-electron chi connectivity index (χ1n) is 6.94. The standard InChI is InChI=1S/C15H22N4/c1-3-4-10-19(11-9-16)15-12(2)17-13-7-5-6-8-14(13)18-15/h5-8H,3-4,9-11,16H2,1-2H3. The van der Waals surface area contributed by atoms with Crippen LogP contribution in [0.4, 0.5) is 5.82 Å². The van der Waals surface area contributed by atoms with Crippen molar-refractivity contribution in [2.24, 2.45) is 5.73 Å². The highest BCUT2D eigenvalue weighted by Gasteiger charge is 2.12. The number of aryl methyl sites for hydroxylation is 1. The van der Waals surface area contributed by atoms with Crippen LogP contribution in [-0.4, -0.2) is 29.6 Å². The SMILES string of the molecule is CCCCN(CCN)c1nc2ccccc2nc1C. The van der Waals surface area contributed by atoms with Gasteiger partial charge in [0, 0.05) is 19.6 Å². The average molecular weight is 258 g/mol. The van der Waals surface area contributed by atoms with Gasteiger partial charge in [-0.3, -0.25) is 0 Å². The molecular weight excluding hydrogens is 236 g/mol. The van der Waals surface area contributed by atoms with E-state index in [1.165, 1.54) is 6.42 Å². The van der Waals surface area contributed by atoms with Gasteiger partial charge in [-0.15, -0.1) is 0 Å². The Hall–Kier alpha value is -1.68. The molecule has 102 valence electrons. The number of para-hydroxylation sites is 2. The van der Waals surface area contributed by atoms with Crippen molar-refractivity contribution in [1.82, 2.24) is 9.97 Å². The fourth-order valence-electron chi connectivity index (χ4n) is 2.21. The zero-order valence-electron chi connectivity index (χ0n) is 11.8. The van der Waals surface area contributed by atoms with Crippen LogP contribution in [0.5, 0.6) is 0 Å². The predicted molar refractivity (Wildman–Crippen MR) is 80.5 cm³/mol. The second-order valence-corrected chi connectivity index (χ2v) is 4.75. The van der Waals surface area contributed by atoms with Gasteiger partial charge < -0.3 is 10.6 Å². The maximum absolute atomic E-state index is 5.71. The van der Waals surface area contributed by atoms with Gasteiger partial charge in [-0.1, -0.05) is 25.5 Å². The van der Waals surface area contributed by atoms with Gasteiger partial charge in [0.1, 0.15) is 0 Å². The summed E-state index contributed by atoms with van der Waals surface area (Å²) in [4.78, 5) is 11.6. The van der Waals surface area contributed by atoms with Crippen molar-refractivity contribution in [3.8, 4) is 0 Å². The van der Waals surface area contributed by atoms with Crippen LogP contribution in [0.25, 0.3) is 11.0 Å². The predicted octanol–water partition coefficient (Wildman–Crippen LogP) is 2.50. The van der Waals surface area contributed by atoms with Gasteiger partial charge in [-0.2, -0.15) is 0 Å². The maximum atomic E-state index is 5.71. The molecule has 0 atom stereocenters. The number of fused-ring (bicyclic) bond motifs is 1. The number of aromatic nitrogens is 2. The summed E-state index contributed by atoms with van der Waals surface area (Å²) in [7, 11) is 0. The van der Waals surface area contributed by atoms with Crippen LogP contribution < -0.4 is 10.6 Å². The monoisotopic (exact) mass is 258 g/mol. The molecule has 0 saturated heterocycles. The first-order valence-corrected chi connectivity index (χ1v) is 6.94. The zero-order chi connectivity index (χ0) is 13.7. The van der Waals surface area contributed by atoms with Gasteiger partial charge in [0.15, 0.2) is 5.82 Å². The van der Waals surface area contributed by atoms with E-state index in [4.69, 9.17) is 10.7 Å². The summed E-state index contributed by atoms with van der Waals surface area (Å²) in [6.07, 6.45) is 2.31. The Bertz CT molecular complexity index is 539. The van der Waals surface area contributed by atoms with E-state index in [0.717, 1.165) is 42.1 Å². The van der Waals surface area contributed by atoms with Crippen molar-refractivity contribution in [3.05, 3.63) is 30.0 Å². The van der Waals surface area contributed by atoms with E-state index in [0.29, 0.717) is 6.54 Å². The molecule has 0 bridgehead atoms. The van der Waals surface area contributed by atoms with E-state index in [2.05, 4.69) is 16.8 Å². The van der Waals surface area contributed by atoms with Crippen molar-refractivity contribution < 1.29 is 0 Å². The van der Waals surface area contributed by atoms with Crippen LogP contribution in [0.15, 0.2) is 24.3 Å². The average Bonchev–Trinajstić information content (AvgIpc) is 2.43. The molecule has 0 aliphatic carbocycles. The minimum atomic E-state index is 0.637. The number of unbranched alkanes of at least 4 members (excludes halogenated alkanes) is 1. The van der Waals surface area contributed by atoms with Crippen molar-refractivity contribution in [2.75, 3.05) is 24.5 Å². The quantitative estimate of drug-likeness (QED) is 0.865. The highest BCUT2D eigenvalue weighted by atomic mass is 15.2. The van der Waals surface area contributed by atoms with E-state index in [1.807, 2.05) is 31.2 Å². The third-order valence-electron chi connectivity index (χ3n) is 3.20. The number of anilines is 1. The molecule has 4 nitrogen and oxygen atoms in total. The summed E-state index contributed by atoms with van der Waals surface area (Å²) < 4.78 is 0. The summed E-state index contributed by atoms with van der Waals surface area (Å²) in [5, 5.41) is 0. The molecule has 0 unspecified atom stereocenters. The second-order valence-electron chi connectivity index (χ2n) is 4.75. The van der Waals surface area contributed by atoms with Crippen molar-refractivity contribution in [1.29, 1.82) is 0 Å². The van der Waals surface area contributed by atoms with E-state index >= 15 is 0 Å². The zero-order valence-corrected chi connectivity index (χ0v) is 11.8. The molecule has 0 radical (unpaired) electrons. The molecule has 0 saturated carbocycles. The largest absolute Gasteiger partial charge is 0.354 e. The minimum Gasteiger partial charge on any atom is -0.354 e. The van der Waals surface area contributed by atoms with Crippen molar-refractivity contribution in [3.63, 3.8) is 0 Å². The molecule has 1 heterocycles. The molecule has 2 N–H and O–H groups in total. The number of nitrogens with two attached hydrogens (primary N) is 1. The topological polar surface area (TPSA) is 55.0 Å². The molecule has 2 aromatic rings. The molecule has 0 aliphatic rings. The summed E-state index contributed by atoms with van der Waals surface area (Å²) in [5.41, 5.74) is 8.58. The lowest BCUT2D eigenvalue weighted by Crippen LogP contribution is -2.32. The molecule has 2 rings (SSSR count). The lowest BCUT2D eigenvalue weighted by molar-refractivity contribution is 0.705. The van der Waals surface area contributed by atoms with Crippen molar-refractivity contribution >= 4 is 16.9 Å². The molecule has 4 heteroatoms. The third-order valence-corrected chi connectivity index (χ3v) is 3.20. The van der Waals surface area contributed by atoms with E-state index in [-0.39, 0.29) is 0 Å². The molecule has 0 fully saturated rings. The van der Waals surface area contributed by atoms with E-state index in [1.54, 1.807) is 0 Å². The smallest absolute Gasteiger partial charge is 0.150 e. The molecular formula is C15H22N4. The fraction of sp³-hybridized carbons (Fsp3) is 0.467. The number of benzene rings is 1. The van der Waals surface area contributed by atoms with Gasteiger partial charge >= 0.3 is 0 Å². The summed E-state index contributed by atoms with van der Waals surface area (Å²) in [6.45, 7) is 6.66. The molecule has 1 aromatic carbocycles. The van der Waals surface area contributed by atoms with Crippen LogP contribution in [0.3, 0.4) is 0 Å². The number of nitrogens with zero attached hydrogens (tertiary/aromatic N) is 3. The fourth-order valence-corrected chi connectivity index (χ4v) is 2.21. The van der Waals surface area contributed by atoms with E-state index in [9.17, 15) is 0 Å². The van der Waals surface area contributed by atoms with Crippen LogP contribution in [0.1, 0.15) is 25.5 Å². The second kappa shape index (κ2) is 6.48. The summed E-state index contributed by atoms with van der Waals surface area (Å²) >= 11 is 0. The Morgan fingerprint density at radius 3 is 2.42 bits per heavy atom. The highest BCUT2D eigenvalue weighted by molar-refractivity contribution is 5.76. The van der Waals surface area contributed by atoms with Gasteiger partial charge in [-0.05, 0) is 25.5 Å². The van der Waals surface area contributed by atoms with Crippen molar-refractivity contribution in [2.45, 2.75) is 26.7 Å². The lowest BCUT2D eigenvalue weighted by Gasteiger charge is -2.24. The summed E-state index contributed by atoms with van der Waals surface area (Å²) in [6, 6.07) is 7.99. The number of rotatable bonds is 6. The van der Waals surface area contributed by atoms with Crippen LogP contribution in [0, 0.1) is 6.92 Å². The molecule has 0 aliphatic heterocycles. The lowest BCUT2D eigenvalue weighted by atomic mass is 10.2. The first kappa shape index (κ1) is 13.7. The van der Waals surface area contributed by atoms with Crippen LogP contribution in [-0.2, 0) is 0 Å². The molecule has 0 spiro atoms. The number of hydrogen-bond acceptors (Lipinski definition) is 4. The Morgan fingerprint density at radius 1 is 1.11 bits per heavy atom. The molecule has 19 heavy (non-hydrogen) atoms. The van der Waals surface area contributed by atoms with Crippen LogP contribution >= 0.6 is 0 Å². The van der Waals surface area contributed by atoms with Gasteiger partial charge in [0.2, 0.25) is 0 Å². The van der Waals surface area contributed by atoms with Crippen LogP contribution in [0.2, 0.25) is 0 Å². The Kier molecular flexibility index (Phi) is 4.68. The normalized spacial score (nSPS) is 10.9. The van der Waals surface area contributed by atoms with E-state index < -0.39 is 0 Å². The summed E-state index contributed by atoms with van der Waals surface area (Å²) in [5.74, 6) is 0.970. The number of hydrogen-bond donors (Lipinski definition) is 1. The Morgan fingerprint density at radius 2 is 1.79 bits per heavy atom. The Balaban J connectivity index is 2.37. The Labute approximate surface area is 114 Å². The van der Waals surface area contributed by atoms with Gasteiger partial charge in [-0.25, -0.2) is 9.97 Å². The minimum absolute atomic E-state index is 0.637. The van der Waals surface area contributed by atoms with Gasteiger partial charge in [0.05, 0.1) is 16.7 Å². The molecule has 0 amide bonds. The third kappa shape index (κ3) is 3.20. The highest BCUT2D eigenvalue weighted by Crippen LogP contribution is 2.20. The van der Waals surface area contributed by atoms with Gasteiger partial charge in [0.25, 0.3) is 0 Å². The molecule has 1 aromatic heterocycles.